The summed E-state index contributed by atoms with van der Waals surface area (Å²) in [4.78, 5) is 10.8. The number of carboxylic acid groups (broad SMARTS) is 1. The van der Waals surface area contributed by atoms with Crippen LogP contribution in [-0.4, -0.2) is 11.1 Å². The van der Waals surface area contributed by atoms with E-state index in [0.29, 0.717) is 0 Å². The second-order valence-corrected chi connectivity index (χ2v) is 4.85. The summed E-state index contributed by atoms with van der Waals surface area (Å²) in [5.74, 6) is -0.913. The van der Waals surface area contributed by atoms with Crippen LogP contribution in [0.5, 0.6) is 0 Å². The van der Waals surface area contributed by atoms with Gasteiger partial charge in [0.1, 0.15) is 0 Å². The minimum atomic E-state index is -0.691. The number of halogens is 1. The van der Waals surface area contributed by atoms with Gasteiger partial charge in [0, 0.05) is 9.89 Å². The second-order valence-electron chi connectivity index (χ2n) is 3.99. The number of rotatable bonds is 2. The van der Waals surface area contributed by atoms with Crippen LogP contribution in [0.3, 0.4) is 0 Å². The maximum Gasteiger partial charge on any atom is 0.307 e. The minimum absolute atomic E-state index is 0.175. The Labute approximate surface area is 91.1 Å². The van der Waals surface area contributed by atoms with Gasteiger partial charge >= 0.3 is 5.97 Å². The van der Waals surface area contributed by atoms with Crippen molar-refractivity contribution in [2.75, 3.05) is 0 Å². The summed E-state index contributed by atoms with van der Waals surface area (Å²) < 4.78 is 1.01. The van der Waals surface area contributed by atoms with Crippen molar-refractivity contribution in [2.24, 2.45) is 5.92 Å². The fourth-order valence-corrected chi connectivity index (χ4v) is 2.68. The lowest BCUT2D eigenvalue weighted by atomic mass is 9.96. The van der Waals surface area contributed by atoms with E-state index in [1.807, 2.05) is 31.2 Å². The largest absolute Gasteiger partial charge is 0.481 e. The molecule has 1 aromatic carbocycles. The third-order valence-corrected chi connectivity index (χ3v) is 3.72. The van der Waals surface area contributed by atoms with Gasteiger partial charge < -0.3 is 5.11 Å². The Hall–Kier alpha value is -0.830. The van der Waals surface area contributed by atoms with Gasteiger partial charge in [-0.25, -0.2) is 0 Å². The van der Waals surface area contributed by atoms with Crippen LogP contribution in [0.2, 0.25) is 0 Å². The Morgan fingerprint density at radius 2 is 2.21 bits per heavy atom. The lowest BCUT2D eigenvalue weighted by Crippen LogP contribution is -2.11. The van der Waals surface area contributed by atoms with Gasteiger partial charge in [-0.1, -0.05) is 41.1 Å². The molecule has 1 aromatic rings. The SMILES string of the molecule is C[C@]1(c2ccccc2Br)C[C@@H]1C(=O)O. The van der Waals surface area contributed by atoms with Gasteiger partial charge in [0.2, 0.25) is 0 Å². The number of carbonyl (C=O) groups is 1. The average Bonchev–Trinajstić information content (AvgIpc) is 2.80. The maximum absolute atomic E-state index is 10.8. The zero-order valence-corrected chi connectivity index (χ0v) is 9.41. The number of carboxylic acids is 1. The van der Waals surface area contributed by atoms with Gasteiger partial charge in [0.05, 0.1) is 5.92 Å². The zero-order chi connectivity index (χ0) is 10.3. The molecule has 0 aromatic heterocycles. The van der Waals surface area contributed by atoms with E-state index in [4.69, 9.17) is 5.11 Å². The Morgan fingerprint density at radius 1 is 1.57 bits per heavy atom. The predicted octanol–water partition coefficient (Wildman–Crippen LogP) is 2.81. The molecule has 1 aliphatic rings. The Kier molecular flexibility index (Phi) is 2.14. The van der Waals surface area contributed by atoms with Crippen LogP contribution in [0.25, 0.3) is 0 Å². The summed E-state index contributed by atoms with van der Waals surface area (Å²) >= 11 is 3.46. The summed E-state index contributed by atoms with van der Waals surface area (Å²) in [6, 6.07) is 7.84. The molecule has 0 aliphatic heterocycles. The van der Waals surface area contributed by atoms with Crippen molar-refractivity contribution in [3.63, 3.8) is 0 Å². The number of benzene rings is 1. The Morgan fingerprint density at radius 3 is 2.71 bits per heavy atom. The van der Waals surface area contributed by atoms with Gasteiger partial charge in [-0.15, -0.1) is 0 Å². The highest BCUT2D eigenvalue weighted by Crippen LogP contribution is 2.55. The van der Waals surface area contributed by atoms with Crippen LogP contribution in [0, 0.1) is 5.92 Å². The van der Waals surface area contributed by atoms with E-state index < -0.39 is 5.97 Å². The molecule has 0 bridgehead atoms. The summed E-state index contributed by atoms with van der Waals surface area (Å²) in [5.41, 5.74) is 0.929. The number of aliphatic carboxylic acids is 1. The van der Waals surface area contributed by atoms with Gasteiger partial charge in [0.25, 0.3) is 0 Å². The second kappa shape index (κ2) is 3.09. The highest BCUT2D eigenvalue weighted by molar-refractivity contribution is 9.10. The van der Waals surface area contributed by atoms with Crippen molar-refractivity contribution in [1.29, 1.82) is 0 Å². The highest BCUT2D eigenvalue weighted by atomic mass is 79.9. The summed E-state index contributed by atoms with van der Waals surface area (Å²) in [5, 5.41) is 8.93. The summed E-state index contributed by atoms with van der Waals surface area (Å²) in [7, 11) is 0. The van der Waals surface area contributed by atoms with Crippen LogP contribution in [0.15, 0.2) is 28.7 Å². The first-order valence-electron chi connectivity index (χ1n) is 4.53. The Balaban J connectivity index is 2.34. The van der Waals surface area contributed by atoms with Crippen molar-refractivity contribution in [3.8, 4) is 0 Å². The fourth-order valence-electron chi connectivity index (χ4n) is 1.95. The van der Waals surface area contributed by atoms with E-state index in [9.17, 15) is 4.79 Å². The average molecular weight is 255 g/mol. The summed E-state index contributed by atoms with van der Waals surface area (Å²) in [6.07, 6.45) is 0.741. The predicted molar refractivity (Wildman–Crippen MR) is 57.2 cm³/mol. The van der Waals surface area contributed by atoms with Gasteiger partial charge in [-0.2, -0.15) is 0 Å². The lowest BCUT2D eigenvalue weighted by Gasteiger charge is -2.11. The van der Waals surface area contributed by atoms with Crippen LogP contribution in [0.4, 0.5) is 0 Å². The smallest absolute Gasteiger partial charge is 0.307 e. The van der Waals surface area contributed by atoms with Crippen molar-refractivity contribution in [3.05, 3.63) is 34.3 Å². The van der Waals surface area contributed by atoms with Gasteiger partial charge in [-0.3, -0.25) is 4.79 Å². The molecule has 14 heavy (non-hydrogen) atoms. The lowest BCUT2D eigenvalue weighted by molar-refractivity contribution is -0.138. The van der Waals surface area contributed by atoms with Gasteiger partial charge in [0.15, 0.2) is 0 Å². The van der Waals surface area contributed by atoms with Crippen LogP contribution in [0.1, 0.15) is 18.9 Å². The van der Waals surface area contributed by atoms with Crippen LogP contribution in [-0.2, 0) is 10.2 Å². The third-order valence-electron chi connectivity index (χ3n) is 3.02. The van der Waals surface area contributed by atoms with Crippen LogP contribution >= 0.6 is 15.9 Å². The zero-order valence-electron chi connectivity index (χ0n) is 7.83. The van der Waals surface area contributed by atoms with Crippen molar-refractivity contribution in [2.45, 2.75) is 18.8 Å². The first kappa shape index (κ1) is 9.71. The normalized spacial score (nSPS) is 30.0. The molecule has 74 valence electrons. The first-order chi connectivity index (χ1) is 6.55. The van der Waals surface area contributed by atoms with E-state index in [0.717, 1.165) is 16.5 Å². The number of hydrogen-bond donors (Lipinski definition) is 1. The molecule has 0 heterocycles. The van der Waals surface area contributed by atoms with Crippen molar-refractivity contribution < 1.29 is 9.90 Å². The molecule has 0 radical (unpaired) electrons. The van der Waals surface area contributed by atoms with Gasteiger partial charge in [-0.05, 0) is 18.1 Å². The first-order valence-corrected chi connectivity index (χ1v) is 5.33. The van der Waals surface area contributed by atoms with Crippen LogP contribution < -0.4 is 0 Å². The topological polar surface area (TPSA) is 37.3 Å². The minimum Gasteiger partial charge on any atom is -0.481 e. The molecule has 2 nitrogen and oxygen atoms in total. The molecule has 0 spiro atoms. The third kappa shape index (κ3) is 1.36. The quantitative estimate of drug-likeness (QED) is 0.882. The molecular weight excluding hydrogens is 244 g/mol. The van der Waals surface area contributed by atoms with Crippen molar-refractivity contribution in [1.82, 2.24) is 0 Å². The van der Waals surface area contributed by atoms with E-state index in [1.54, 1.807) is 0 Å². The molecule has 1 N–H and O–H groups in total. The fraction of sp³-hybridized carbons (Fsp3) is 0.364. The molecule has 1 fully saturated rings. The molecule has 2 atom stereocenters. The monoisotopic (exact) mass is 254 g/mol. The van der Waals surface area contributed by atoms with E-state index in [-0.39, 0.29) is 11.3 Å². The van der Waals surface area contributed by atoms with E-state index in [1.165, 1.54) is 0 Å². The van der Waals surface area contributed by atoms with E-state index >= 15 is 0 Å². The number of hydrogen-bond acceptors (Lipinski definition) is 1. The summed E-state index contributed by atoms with van der Waals surface area (Å²) in [6.45, 7) is 2.01. The molecule has 1 aliphatic carbocycles. The molecular formula is C11H11BrO2. The molecule has 1 saturated carbocycles. The molecule has 3 heteroatoms. The molecule has 0 saturated heterocycles. The molecule has 0 unspecified atom stereocenters. The Bertz CT molecular complexity index is 389. The molecule has 0 amide bonds. The molecule has 2 rings (SSSR count). The standard InChI is InChI=1S/C11H11BrO2/c1-11(6-8(11)10(13)14)7-4-2-3-5-9(7)12/h2-5,8H,6H2,1H3,(H,13,14)/t8-,11-/m1/s1. The highest BCUT2D eigenvalue weighted by Gasteiger charge is 2.56. The van der Waals surface area contributed by atoms with E-state index in [2.05, 4.69) is 15.9 Å². The maximum atomic E-state index is 10.8. The van der Waals surface area contributed by atoms with Crippen molar-refractivity contribution >= 4 is 21.9 Å².